The summed E-state index contributed by atoms with van der Waals surface area (Å²) in [6.45, 7) is 5.04. The number of hydrogen-bond acceptors (Lipinski definition) is 2. The fraction of sp³-hybridized carbons (Fsp3) is 0.938. The van der Waals surface area contributed by atoms with E-state index >= 15 is 0 Å². The largest absolute Gasteiger partial charge is 0.343 e. The molecule has 3 heteroatoms. The van der Waals surface area contributed by atoms with Crippen molar-refractivity contribution in [1.82, 2.24) is 9.80 Å². The van der Waals surface area contributed by atoms with Gasteiger partial charge in [-0.1, -0.05) is 19.3 Å². The molecular weight excluding hydrogens is 236 g/mol. The molecule has 0 aromatic carbocycles. The Hall–Kier alpha value is -0.570. The lowest BCUT2D eigenvalue weighted by molar-refractivity contribution is -0.132. The van der Waals surface area contributed by atoms with Gasteiger partial charge in [-0.15, -0.1) is 0 Å². The number of rotatable bonds is 1. The molecular formula is C16H28N2O. The van der Waals surface area contributed by atoms with Crippen molar-refractivity contribution in [2.24, 2.45) is 5.92 Å². The van der Waals surface area contributed by atoms with Crippen molar-refractivity contribution < 1.29 is 4.79 Å². The number of amides is 1. The number of nitrogens with zero attached hydrogens (tertiary/aromatic N) is 2. The van der Waals surface area contributed by atoms with Crippen LogP contribution in [0.3, 0.4) is 0 Å². The number of carbonyl (C=O) groups is 1. The molecule has 3 rings (SSSR count). The third-order valence-corrected chi connectivity index (χ3v) is 5.60. The van der Waals surface area contributed by atoms with Gasteiger partial charge in [0, 0.05) is 32.1 Å². The molecule has 3 nitrogen and oxygen atoms in total. The first-order valence-electron chi connectivity index (χ1n) is 8.27. The van der Waals surface area contributed by atoms with Crippen LogP contribution < -0.4 is 0 Å². The molecule has 0 N–H and O–H groups in total. The van der Waals surface area contributed by atoms with Crippen LogP contribution in [0.4, 0.5) is 0 Å². The summed E-state index contributed by atoms with van der Waals surface area (Å²) in [5.74, 6) is 1.01. The minimum absolute atomic E-state index is 0.273. The highest BCUT2D eigenvalue weighted by atomic mass is 16.2. The highest BCUT2D eigenvalue weighted by Gasteiger charge is 2.38. The average molecular weight is 264 g/mol. The Labute approximate surface area is 117 Å². The predicted octanol–water partition coefficient (Wildman–Crippen LogP) is 2.65. The van der Waals surface area contributed by atoms with Gasteiger partial charge in [0.15, 0.2) is 0 Å². The number of likely N-dealkylation sites (tertiary alicyclic amines) is 2. The summed E-state index contributed by atoms with van der Waals surface area (Å²) in [4.78, 5) is 16.5. The molecule has 2 aliphatic heterocycles. The van der Waals surface area contributed by atoms with E-state index in [1.807, 2.05) is 0 Å². The topological polar surface area (TPSA) is 23.6 Å². The summed E-state index contributed by atoms with van der Waals surface area (Å²) in [6.07, 6.45) is 11.0. The summed E-state index contributed by atoms with van der Waals surface area (Å²) in [7, 11) is 0. The first kappa shape index (κ1) is 13.4. The molecule has 0 aromatic heterocycles. The van der Waals surface area contributed by atoms with Crippen LogP contribution in [0.1, 0.15) is 58.3 Å². The smallest absolute Gasteiger partial charge is 0.219 e. The van der Waals surface area contributed by atoms with Gasteiger partial charge in [0.05, 0.1) is 0 Å². The first-order chi connectivity index (χ1) is 9.25. The van der Waals surface area contributed by atoms with Crippen LogP contribution in [0.2, 0.25) is 0 Å². The van der Waals surface area contributed by atoms with Crippen LogP contribution in [0, 0.1) is 5.92 Å². The van der Waals surface area contributed by atoms with Crippen LogP contribution in [-0.2, 0) is 4.79 Å². The third-order valence-electron chi connectivity index (χ3n) is 5.60. The quantitative estimate of drug-likeness (QED) is 0.727. The standard InChI is InChI=1S/C16H28N2O/c1-13(19)17-11-9-16-14(12-17)6-4-5-10-18(16)15-7-2-3-8-15/h14-16H,2-12H2,1H3/t14-,16-/m1/s1. The van der Waals surface area contributed by atoms with Crippen molar-refractivity contribution in [3.05, 3.63) is 0 Å². The molecule has 2 saturated heterocycles. The maximum atomic E-state index is 11.6. The summed E-state index contributed by atoms with van der Waals surface area (Å²) in [6, 6.07) is 1.62. The molecule has 0 spiro atoms. The fourth-order valence-electron chi connectivity index (χ4n) is 4.58. The lowest BCUT2D eigenvalue weighted by atomic mass is 9.87. The van der Waals surface area contributed by atoms with Gasteiger partial charge in [0.2, 0.25) is 5.91 Å². The van der Waals surface area contributed by atoms with Gasteiger partial charge in [0.1, 0.15) is 0 Å². The molecule has 3 aliphatic rings. The Balaban J connectivity index is 1.71. The maximum absolute atomic E-state index is 11.6. The summed E-state index contributed by atoms with van der Waals surface area (Å²) >= 11 is 0. The van der Waals surface area contributed by atoms with E-state index in [2.05, 4.69) is 9.80 Å². The Morgan fingerprint density at radius 1 is 0.947 bits per heavy atom. The van der Waals surface area contributed by atoms with Gasteiger partial charge in [-0.2, -0.15) is 0 Å². The van der Waals surface area contributed by atoms with E-state index in [1.165, 1.54) is 57.9 Å². The van der Waals surface area contributed by atoms with Gasteiger partial charge in [0.25, 0.3) is 0 Å². The van der Waals surface area contributed by atoms with Gasteiger partial charge in [-0.3, -0.25) is 9.69 Å². The number of hydrogen-bond donors (Lipinski definition) is 0. The molecule has 108 valence electrons. The zero-order valence-electron chi connectivity index (χ0n) is 12.3. The van der Waals surface area contributed by atoms with E-state index in [1.54, 1.807) is 6.92 Å². The average Bonchev–Trinajstić information content (AvgIpc) is 2.85. The van der Waals surface area contributed by atoms with Crippen molar-refractivity contribution >= 4 is 5.91 Å². The van der Waals surface area contributed by atoms with Crippen LogP contribution in [0.25, 0.3) is 0 Å². The second-order valence-electron chi connectivity index (χ2n) is 6.75. The van der Waals surface area contributed by atoms with E-state index in [-0.39, 0.29) is 5.91 Å². The first-order valence-corrected chi connectivity index (χ1v) is 8.27. The molecule has 1 amide bonds. The van der Waals surface area contributed by atoms with Crippen LogP contribution in [-0.4, -0.2) is 47.4 Å². The Morgan fingerprint density at radius 3 is 2.42 bits per heavy atom. The molecule has 1 aliphatic carbocycles. The molecule has 0 radical (unpaired) electrons. The maximum Gasteiger partial charge on any atom is 0.219 e. The van der Waals surface area contributed by atoms with Crippen molar-refractivity contribution in [2.75, 3.05) is 19.6 Å². The zero-order valence-corrected chi connectivity index (χ0v) is 12.3. The highest BCUT2D eigenvalue weighted by Crippen LogP contribution is 2.35. The van der Waals surface area contributed by atoms with E-state index in [0.29, 0.717) is 0 Å². The van der Waals surface area contributed by atoms with Gasteiger partial charge < -0.3 is 4.90 Å². The fourth-order valence-corrected chi connectivity index (χ4v) is 4.58. The monoisotopic (exact) mass is 264 g/mol. The number of carbonyl (C=O) groups excluding carboxylic acids is 1. The zero-order chi connectivity index (χ0) is 13.2. The molecule has 3 fully saturated rings. The molecule has 0 unspecified atom stereocenters. The SMILES string of the molecule is CC(=O)N1CC[C@@H]2[C@H](CCCCN2C2CCCC2)C1. The third kappa shape index (κ3) is 2.81. The van der Waals surface area contributed by atoms with Gasteiger partial charge in [-0.25, -0.2) is 0 Å². The van der Waals surface area contributed by atoms with E-state index in [9.17, 15) is 4.79 Å². The van der Waals surface area contributed by atoms with E-state index < -0.39 is 0 Å². The highest BCUT2D eigenvalue weighted by molar-refractivity contribution is 5.73. The molecule has 2 atom stereocenters. The van der Waals surface area contributed by atoms with E-state index in [0.717, 1.165) is 31.1 Å². The van der Waals surface area contributed by atoms with Crippen molar-refractivity contribution in [3.63, 3.8) is 0 Å². The second kappa shape index (κ2) is 5.82. The molecule has 0 bridgehead atoms. The van der Waals surface area contributed by atoms with Crippen molar-refractivity contribution in [3.8, 4) is 0 Å². The van der Waals surface area contributed by atoms with Crippen molar-refractivity contribution in [1.29, 1.82) is 0 Å². The summed E-state index contributed by atoms with van der Waals surface area (Å²) < 4.78 is 0. The Morgan fingerprint density at radius 2 is 1.68 bits per heavy atom. The summed E-state index contributed by atoms with van der Waals surface area (Å²) in [5, 5.41) is 0. The lowest BCUT2D eigenvalue weighted by Crippen LogP contribution is -2.53. The number of piperidine rings is 1. The van der Waals surface area contributed by atoms with Crippen LogP contribution >= 0.6 is 0 Å². The lowest BCUT2D eigenvalue weighted by Gasteiger charge is -2.44. The minimum Gasteiger partial charge on any atom is -0.343 e. The second-order valence-corrected chi connectivity index (χ2v) is 6.75. The van der Waals surface area contributed by atoms with Crippen molar-refractivity contribution in [2.45, 2.75) is 70.4 Å². The molecule has 2 heterocycles. The molecule has 19 heavy (non-hydrogen) atoms. The molecule has 1 saturated carbocycles. The normalized spacial score (nSPS) is 34.1. The molecule has 0 aromatic rings. The Kier molecular flexibility index (Phi) is 4.11. The van der Waals surface area contributed by atoms with E-state index in [4.69, 9.17) is 0 Å². The minimum atomic E-state index is 0.273. The Bertz CT molecular complexity index is 325. The number of fused-ring (bicyclic) bond motifs is 1. The predicted molar refractivity (Wildman–Crippen MR) is 77.0 cm³/mol. The van der Waals surface area contributed by atoms with Crippen LogP contribution in [0.5, 0.6) is 0 Å². The van der Waals surface area contributed by atoms with Crippen LogP contribution in [0.15, 0.2) is 0 Å². The van der Waals surface area contributed by atoms with Gasteiger partial charge in [-0.05, 0) is 44.6 Å². The summed E-state index contributed by atoms with van der Waals surface area (Å²) in [5.41, 5.74) is 0. The van der Waals surface area contributed by atoms with Gasteiger partial charge >= 0.3 is 0 Å².